The molecular weight excluding hydrogens is 168 g/mol. The number of aliphatic hydroxyl groups excluding tert-OH is 1. The van der Waals surface area contributed by atoms with Gasteiger partial charge < -0.3 is 10.5 Å². The van der Waals surface area contributed by atoms with Gasteiger partial charge in [0.2, 0.25) is 0 Å². The van der Waals surface area contributed by atoms with Crippen LogP contribution in [-0.2, 0) is 4.79 Å². The van der Waals surface area contributed by atoms with Gasteiger partial charge in [-0.1, -0.05) is 12.1 Å². The molecule has 0 amide bonds. The lowest BCUT2D eigenvalue weighted by molar-refractivity contribution is -0.125. The molecule has 1 unspecified atom stereocenters. The maximum Gasteiger partial charge on any atom is 0.162 e. The number of carbonyl (C=O) groups excluding carboxylic acids is 1. The first kappa shape index (κ1) is 9.70. The van der Waals surface area contributed by atoms with Crippen LogP contribution < -0.4 is 11.3 Å². The van der Waals surface area contributed by atoms with E-state index in [0.29, 0.717) is 5.56 Å². The molecule has 1 rings (SSSR count). The second-order valence-electron chi connectivity index (χ2n) is 2.78. The van der Waals surface area contributed by atoms with Crippen molar-refractivity contribution in [3.63, 3.8) is 0 Å². The SMILES string of the molecule is CC(=O)C(O)c1ccc(NN)cc1. The maximum absolute atomic E-state index is 10.8. The highest BCUT2D eigenvalue weighted by Crippen LogP contribution is 2.16. The number of carbonyl (C=O) groups is 1. The average molecular weight is 180 g/mol. The fourth-order valence-electron chi connectivity index (χ4n) is 0.996. The van der Waals surface area contributed by atoms with Crippen LogP contribution in [0.2, 0.25) is 0 Å². The number of hydrogen-bond acceptors (Lipinski definition) is 4. The summed E-state index contributed by atoms with van der Waals surface area (Å²) in [7, 11) is 0. The smallest absolute Gasteiger partial charge is 0.162 e. The van der Waals surface area contributed by atoms with E-state index in [1.54, 1.807) is 24.3 Å². The van der Waals surface area contributed by atoms with Gasteiger partial charge in [-0.15, -0.1) is 0 Å². The Morgan fingerprint density at radius 1 is 1.46 bits per heavy atom. The molecule has 0 aliphatic rings. The van der Waals surface area contributed by atoms with Gasteiger partial charge in [-0.05, 0) is 24.6 Å². The van der Waals surface area contributed by atoms with Gasteiger partial charge in [-0.25, -0.2) is 0 Å². The number of aliphatic hydroxyl groups is 1. The van der Waals surface area contributed by atoms with E-state index >= 15 is 0 Å². The normalized spacial score (nSPS) is 12.2. The minimum atomic E-state index is -1.04. The largest absolute Gasteiger partial charge is 0.381 e. The molecule has 1 aromatic rings. The van der Waals surface area contributed by atoms with Crippen molar-refractivity contribution in [1.82, 2.24) is 0 Å². The van der Waals surface area contributed by atoms with Crippen LogP contribution in [0.5, 0.6) is 0 Å². The molecule has 0 aliphatic carbocycles. The predicted octanol–water partition coefficient (Wildman–Crippen LogP) is 0.595. The molecule has 1 aromatic carbocycles. The van der Waals surface area contributed by atoms with Gasteiger partial charge in [0, 0.05) is 5.69 Å². The number of ketones is 1. The Hall–Kier alpha value is -1.39. The summed E-state index contributed by atoms with van der Waals surface area (Å²) < 4.78 is 0. The Morgan fingerprint density at radius 2 is 2.00 bits per heavy atom. The summed E-state index contributed by atoms with van der Waals surface area (Å²) in [6.07, 6.45) is -1.04. The highest BCUT2D eigenvalue weighted by molar-refractivity contribution is 5.81. The van der Waals surface area contributed by atoms with Gasteiger partial charge in [0.05, 0.1) is 0 Å². The molecular formula is C9H12N2O2. The van der Waals surface area contributed by atoms with E-state index in [2.05, 4.69) is 5.43 Å². The molecule has 13 heavy (non-hydrogen) atoms. The highest BCUT2D eigenvalue weighted by atomic mass is 16.3. The molecule has 0 saturated heterocycles. The van der Waals surface area contributed by atoms with Crippen LogP contribution in [0, 0.1) is 0 Å². The second kappa shape index (κ2) is 4.02. The Balaban J connectivity index is 2.85. The van der Waals surface area contributed by atoms with E-state index in [0.717, 1.165) is 5.69 Å². The average Bonchev–Trinajstić information content (AvgIpc) is 2.17. The highest BCUT2D eigenvalue weighted by Gasteiger charge is 2.11. The third-order valence-electron chi connectivity index (χ3n) is 1.78. The van der Waals surface area contributed by atoms with E-state index < -0.39 is 6.10 Å². The fourth-order valence-corrected chi connectivity index (χ4v) is 0.996. The molecule has 1 atom stereocenters. The topological polar surface area (TPSA) is 75.3 Å². The molecule has 0 saturated carbocycles. The third kappa shape index (κ3) is 2.27. The van der Waals surface area contributed by atoms with Gasteiger partial charge in [0.1, 0.15) is 6.10 Å². The fraction of sp³-hybridized carbons (Fsp3) is 0.222. The molecule has 0 fully saturated rings. The number of anilines is 1. The first-order chi connectivity index (χ1) is 6.15. The second-order valence-corrected chi connectivity index (χ2v) is 2.78. The third-order valence-corrected chi connectivity index (χ3v) is 1.78. The first-order valence-electron chi connectivity index (χ1n) is 3.90. The van der Waals surface area contributed by atoms with E-state index in [1.165, 1.54) is 6.92 Å². The lowest BCUT2D eigenvalue weighted by Crippen LogP contribution is -2.09. The summed E-state index contributed by atoms with van der Waals surface area (Å²) >= 11 is 0. The summed E-state index contributed by atoms with van der Waals surface area (Å²) in [4.78, 5) is 10.8. The zero-order valence-corrected chi connectivity index (χ0v) is 7.32. The number of hydrogen-bond donors (Lipinski definition) is 3. The van der Waals surface area contributed by atoms with E-state index in [1.807, 2.05) is 0 Å². The van der Waals surface area contributed by atoms with Crippen LogP contribution >= 0.6 is 0 Å². The minimum Gasteiger partial charge on any atom is -0.381 e. The number of nitrogens with two attached hydrogens (primary N) is 1. The Kier molecular flexibility index (Phi) is 3.00. The number of nitrogens with one attached hydrogen (secondary N) is 1. The zero-order chi connectivity index (χ0) is 9.84. The molecule has 4 N–H and O–H groups in total. The lowest BCUT2D eigenvalue weighted by Gasteiger charge is -2.07. The summed E-state index contributed by atoms with van der Waals surface area (Å²) in [5.74, 6) is 4.89. The molecule has 70 valence electrons. The van der Waals surface area contributed by atoms with E-state index in [4.69, 9.17) is 5.84 Å². The molecule has 0 spiro atoms. The summed E-state index contributed by atoms with van der Waals surface area (Å²) in [5.41, 5.74) is 3.77. The van der Waals surface area contributed by atoms with Gasteiger partial charge in [-0.2, -0.15) is 0 Å². The molecule has 0 heterocycles. The van der Waals surface area contributed by atoms with Crippen molar-refractivity contribution in [2.75, 3.05) is 5.43 Å². The Bertz CT molecular complexity index is 295. The number of benzene rings is 1. The number of Topliss-reactive ketones (excluding diaryl/α,β-unsaturated/α-hetero) is 1. The Morgan fingerprint density at radius 3 is 2.38 bits per heavy atom. The van der Waals surface area contributed by atoms with Crippen LogP contribution in [0.3, 0.4) is 0 Å². The minimum absolute atomic E-state index is 0.270. The summed E-state index contributed by atoms with van der Waals surface area (Å²) in [5, 5.41) is 9.36. The van der Waals surface area contributed by atoms with E-state index in [9.17, 15) is 9.90 Å². The van der Waals surface area contributed by atoms with Crippen LogP contribution in [-0.4, -0.2) is 10.9 Å². The van der Waals surface area contributed by atoms with Crippen molar-refractivity contribution in [1.29, 1.82) is 0 Å². The van der Waals surface area contributed by atoms with Crippen molar-refractivity contribution >= 4 is 11.5 Å². The van der Waals surface area contributed by atoms with Gasteiger partial charge >= 0.3 is 0 Å². The molecule has 0 radical (unpaired) electrons. The number of hydrazine groups is 1. The van der Waals surface area contributed by atoms with Crippen molar-refractivity contribution in [3.8, 4) is 0 Å². The predicted molar refractivity (Wildman–Crippen MR) is 49.9 cm³/mol. The maximum atomic E-state index is 10.8. The lowest BCUT2D eigenvalue weighted by atomic mass is 10.1. The Labute approximate surface area is 76.3 Å². The number of rotatable bonds is 3. The molecule has 0 aromatic heterocycles. The molecule has 4 nitrogen and oxygen atoms in total. The quantitative estimate of drug-likeness (QED) is 0.470. The molecule has 0 bridgehead atoms. The standard InChI is InChI=1S/C9H12N2O2/c1-6(12)9(13)7-2-4-8(11-10)5-3-7/h2-5,9,11,13H,10H2,1H3. The van der Waals surface area contributed by atoms with E-state index in [-0.39, 0.29) is 5.78 Å². The zero-order valence-electron chi connectivity index (χ0n) is 7.32. The van der Waals surface area contributed by atoms with Gasteiger partial charge in [0.15, 0.2) is 5.78 Å². The van der Waals surface area contributed by atoms with Crippen LogP contribution in [0.25, 0.3) is 0 Å². The van der Waals surface area contributed by atoms with Crippen molar-refractivity contribution in [3.05, 3.63) is 29.8 Å². The monoisotopic (exact) mass is 180 g/mol. The van der Waals surface area contributed by atoms with Crippen LogP contribution in [0.1, 0.15) is 18.6 Å². The van der Waals surface area contributed by atoms with Gasteiger partial charge in [0.25, 0.3) is 0 Å². The summed E-state index contributed by atoms with van der Waals surface area (Å²) in [6.45, 7) is 1.35. The van der Waals surface area contributed by atoms with Crippen LogP contribution in [0.15, 0.2) is 24.3 Å². The number of nitrogen functional groups attached to an aromatic ring is 1. The van der Waals surface area contributed by atoms with Crippen molar-refractivity contribution in [2.24, 2.45) is 5.84 Å². The molecule has 0 aliphatic heterocycles. The van der Waals surface area contributed by atoms with Crippen molar-refractivity contribution in [2.45, 2.75) is 13.0 Å². The van der Waals surface area contributed by atoms with Gasteiger partial charge in [-0.3, -0.25) is 10.6 Å². The van der Waals surface area contributed by atoms with Crippen molar-refractivity contribution < 1.29 is 9.90 Å². The first-order valence-corrected chi connectivity index (χ1v) is 3.90. The summed E-state index contributed by atoms with van der Waals surface area (Å²) in [6, 6.07) is 6.70. The molecule has 4 heteroatoms. The van der Waals surface area contributed by atoms with Crippen LogP contribution in [0.4, 0.5) is 5.69 Å².